The number of carbonyl (C=O) groups is 2. The molecular weight excluding hydrogens is 358 g/mol. The average Bonchev–Trinajstić information content (AvgIpc) is 3.05. The van der Waals surface area contributed by atoms with E-state index in [1.54, 1.807) is 0 Å². The number of nitrogens with zero attached hydrogens (tertiary/aromatic N) is 1. The Labute approximate surface area is 161 Å². The second-order valence-electron chi connectivity index (χ2n) is 6.96. The van der Waals surface area contributed by atoms with E-state index < -0.39 is 17.7 Å². The largest absolute Gasteiger partial charge is 0.419 e. The molecule has 2 heterocycles. The van der Waals surface area contributed by atoms with Gasteiger partial charge in [0.25, 0.3) is 5.79 Å². The van der Waals surface area contributed by atoms with Crippen LogP contribution in [-0.2, 0) is 19.1 Å². The molecule has 4 rings (SSSR count). The van der Waals surface area contributed by atoms with Crippen molar-refractivity contribution in [1.82, 2.24) is 9.97 Å². The molecule has 1 fully saturated rings. The van der Waals surface area contributed by atoms with E-state index >= 15 is 0 Å². The molecule has 0 spiro atoms. The molecule has 0 saturated carbocycles. The number of benzene rings is 2. The number of imidazole rings is 1. The Morgan fingerprint density at radius 3 is 2.46 bits per heavy atom. The number of cyclic esters (lactones) is 2. The first-order valence-corrected chi connectivity index (χ1v) is 8.82. The maximum atomic E-state index is 12.1. The highest BCUT2D eigenvalue weighted by molar-refractivity contribution is 6.15. The third kappa shape index (κ3) is 3.22. The maximum absolute atomic E-state index is 12.1. The van der Waals surface area contributed by atoms with E-state index in [2.05, 4.69) is 15.3 Å². The quantitative estimate of drug-likeness (QED) is 0.411. The molecule has 1 aliphatic heterocycles. The molecule has 0 radical (unpaired) electrons. The molecule has 1 aromatic heterocycles. The number of hydrogen-bond donors (Lipinski definition) is 2. The number of carbonyl (C=O) groups excluding carboxylic acids is 2. The van der Waals surface area contributed by atoms with Crippen molar-refractivity contribution in [3.8, 4) is 11.4 Å². The van der Waals surface area contributed by atoms with Gasteiger partial charge in [-0.05, 0) is 30.7 Å². The molecule has 0 bridgehead atoms. The first-order valence-electron chi connectivity index (χ1n) is 8.82. The molecule has 0 aliphatic carbocycles. The fourth-order valence-electron chi connectivity index (χ4n) is 3.06. The van der Waals surface area contributed by atoms with Crippen LogP contribution in [-0.4, -0.2) is 27.7 Å². The van der Waals surface area contributed by atoms with Gasteiger partial charge in [-0.3, -0.25) is 0 Å². The molecule has 0 atom stereocenters. The summed E-state index contributed by atoms with van der Waals surface area (Å²) >= 11 is 0. The predicted octanol–water partition coefficient (Wildman–Crippen LogP) is 3.67. The van der Waals surface area contributed by atoms with E-state index in [0.29, 0.717) is 0 Å². The Morgan fingerprint density at radius 1 is 1.04 bits per heavy atom. The van der Waals surface area contributed by atoms with Gasteiger partial charge >= 0.3 is 11.9 Å². The Balaban J connectivity index is 1.64. The average molecular weight is 377 g/mol. The Bertz CT molecular complexity index is 1070. The summed E-state index contributed by atoms with van der Waals surface area (Å²) in [4.78, 5) is 32.1. The molecule has 2 N–H and O–H groups in total. The zero-order valence-electron chi connectivity index (χ0n) is 15.7. The fourth-order valence-corrected chi connectivity index (χ4v) is 3.06. The molecule has 7 nitrogen and oxygen atoms in total. The van der Waals surface area contributed by atoms with Gasteiger partial charge in [-0.15, -0.1) is 0 Å². The number of rotatable bonds is 3. The normalized spacial score (nSPS) is 15.9. The second kappa shape index (κ2) is 6.53. The minimum atomic E-state index is -1.26. The van der Waals surface area contributed by atoms with Crippen LogP contribution in [0.3, 0.4) is 0 Å². The lowest BCUT2D eigenvalue weighted by Crippen LogP contribution is -2.42. The predicted molar refractivity (Wildman–Crippen MR) is 104 cm³/mol. The van der Waals surface area contributed by atoms with E-state index in [9.17, 15) is 9.59 Å². The van der Waals surface area contributed by atoms with Gasteiger partial charge in [0, 0.05) is 31.3 Å². The van der Waals surface area contributed by atoms with Gasteiger partial charge in [0.15, 0.2) is 5.57 Å². The first kappa shape index (κ1) is 17.8. The van der Waals surface area contributed by atoms with E-state index in [0.717, 1.165) is 33.7 Å². The zero-order chi connectivity index (χ0) is 19.9. The number of anilines is 1. The standard InChI is InChI=1S/C21H19N3O4/c1-12-13(18-23-16-8-4-5-9-17(16)24-18)7-6-10-15(12)22-11-14-19(25)27-21(2,3)28-20(14)26/h4-11,22H,1-3H3,(H,23,24). The molecule has 1 saturated heterocycles. The number of para-hydroxylation sites is 2. The van der Waals surface area contributed by atoms with E-state index in [1.165, 1.54) is 20.0 Å². The van der Waals surface area contributed by atoms with Crippen LogP contribution < -0.4 is 5.32 Å². The molecule has 0 amide bonds. The van der Waals surface area contributed by atoms with Crippen LogP contribution >= 0.6 is 0 Å². The van der Waals surface area contributed by atoms with E-state index in [4.69, 9.17) is 9.47 Å². The number of esters is 2. The summed E-state index contributed by atoms with van der Waals surface area (Å²) in [6.07, 6.45) is 1.31. The number of ether oxygens (including phenoxy) is 2. The van der Waals surface area contributed by atoms with Gasteiger partial charge in [-0.25, -0.2) is 14.6 Å². The summed E-state index contributed by atoms with van der Waals surface area (Å²) in [5, 5.41) is 3.01. The Kier molecular flexibility index (Phi) is 4.15. The number of H-pyrrole nitrogens is 1. The van der Waals surface area contributed by atoms with Gasteiger partial charge in [-0.1, -0.05) is 24.3 Å². The second-order valence-corrected chi connectivity index (χ2v) is 6.96. The van der Waals surface area contributed by atoms with Crippen molar-refractivity contribution in [2.75, 3.05) is 5.32 Å². The van der Waals surface area contributed by atoms with Crippen molar-refractivity contribution in [3.63, 3.8) is 0 Å². The number of aromatic nitrogens is 2. The van der Waals surface area contributed by atoms with Crippen molar-refractivity contribution < 1.29 is 19.1 Å². The highest BCUT2D eigenvalue weighted by Gasteiger charge is 2.38. The maximum Gasteiger partial charge on any atom is 0.350 e. The molecule has 0 unspecified atom stereocenters. The summed E-state index contributed by atoms with van der Waals surface area (Å²) in [5.74, 6) is -1.96. The Morgan fingerprint density at radius 2 is 1.75 bits per heavy atom. The molecule has 3 aromatic rings. The molecule has 28 heavy (non-hydrogen) atoms. The van der Waals surface area contributed by atoms with Crippen molar-refractivity contribution in [2.24, 2.45) is 0 Å². The highest BCUT2D eigenvalue weighted by atomic mass is 16.7. The third-order valence-corrected chi connectivity index (χ3v) is 4.47. The van der Waals surface area contributed by atoms with Crippen LogP contribution in [0.1, 0.15) is 19.4 Å². The van der Waals surface area contributed by atoms with Crippen molar-refractivity contribution in [1.29, 1.82) is 0 Å². The SMILES string of the molecule is Cc1c(NC=C2C(=O)OC(C)(C)OC2=O)cccc1-c1nc2ccccc2[nH]1. The zero-order valence-corrected chi connectivity index (χ0v) is 15.7. The lowest BCUT2D eigenvalue weighted by Gasteiger charge is -2.29. The molecule has 142 valence electrons. The summed E-state index contributed by atoms with van der Waals surface area (Å²) in [7, 11) is 0. The van der Waals surface area contributed by atoms with Gasteiger partial charge in [0.1, 0.15) is 5.82 Å². The van der Waals surface area contributed by atoms with E-state index in [1.807, 2.05) is 49.4 Å². The van der Waals surface area contributed by atoms with Gasteiger partial charge in [0.2, 0.25) is 0 Å². The minimum Gasteiger partial charge on any atom is -0.419 e. The third-order valence-electron chi connectivity index (χ3n) is 4.47. The van der Waals surface area contributed by atoms with Crippen molar-refractivity contribution in [2.45, 2.75) is 26.6 Å². The summed E-state index contributed by atoms with van der Waals surface area (Å²) in [5.41, 5.74) is 4.20. The number of aromatic amines is 1. The van der Waals surface area contributed by atoms with Crippen LogP contribution in [0.25, 0.3) is 22.4 Å². The molecule has 1 aliphatic rings. The fraction of sp³-hybridized carbons (Fsp3) is 0.190. The van der Waals surface area contributed by atoms with E-state index in [-0.39, 0.29) is 5.57 Å². The number of nitrogens with one attached hydrogen (secondary N) is 2. The monoisotopic (exact) mass is 377 g/mol. The minimum absolute atomic E-state index is 0.187. The first-order chi connectivity index (χ1) is 13.3. The van der Waals surface area contributed by atoms with Crippen LogP contribution in [0.15, 0.2) is 54.2 Å². The summed E-state index contributed by atoms with van der Waals surface area (Å²) < 4.78 is 10.2. The topological polar surface area (TPSA) is 93.3 Å². The smallest absolute Gasteiger partial charge is 0.350 e. The lowest BCUT2D eigenvalue weighted by molar-refractivity contribution is -0.222. The summed E-state index contributed by atoms with van der Waals surface area (Å²) in [6.45, 7) is 4.95. The molecular formula is C21H19N3O4. The van der Waals surface area contributed by atoms with Gasteiger partial charge in [-0.2, -0.15) is 0 Å². The van der Waals surface area contributed by atoms with Gasteiger partial charge < -0.3 is 19.8 Å². The van der Waals surface area contributed by atoms with Crippen molar-refractivity contribution >= 4 is 28.7 Å². The lowest BCUT2D eigenvalue weighted by atomic mass is 10.1. The number of fused-ring (bicyclic) bond motifs is 1. The highest BCUT2D eigenvalue weighted by Crippen LogP contribution is 2.29. The Hall–Kier alpha value is -3.61. The molecule has 2 aromatic carbocycles. The van der Waals surface area contributed by atoms with Crippen LogP contribution in [0.5, 0.6) is 0 Å². The van der Waals surface area contributed by atoms with Gasteiger partial charge in [0.05, 0.1) is 11.0 Å². The van der Waals surface area contributed by atoms with Crippen LogP contribution in [0.4, 0.5) is 5.69 Å². The van der Waals surface area contributed by atoms with Crippen LogP contribution in [0.2, 0.25) is 0 Å². The molecule has 7 heteroatoms. The number of hydrogen-bond acceptors (Lipinski definition) is 6. The van der Waals surface area contributed by atoms with Crippen LogP contribution in [0, 0.1) is 6.92 Å². The summed E-state index contributed by atoms with van der Waals surface area (Å²) in [6, 6.07) is 13.5. The van der Waals surface area contributed by atoms with Crippen molar-refractivity contribution in [3.05, 3.63) is 59.8 Å².